The number of phenols is 1. The molecule has 42 heavy (non-hydrogen) atoms. The molecule has 5 rings (SSSR count). The van der Waals surface area contributed by atoms with E-state index in [2.05, 4.69) is 9.78 Å². The number of benzene rings is 1. The molecule has 6 atom stereocenters. The molecule has 2 aliphatic carbocycles. The molecule has 15 nitrogen and oxygen atoms in total. The third kappa shape index (κ3) is 4.74. The van der Waals surface area contributed by atoms with Crippen LogP contribution in [-0.4, -0.2) is 101 Å². The SMILES string of the molecule is O=C(O)C(CCOC1OO[C@@H](O)C(O)C1O)(Cc1cc2c3c(ccc(O)c3c(=O)c1)C1CC(=C2)C(O)(O)C1O)C(=O)O. The number of fused-ring (bicyclic) bond motifs is 3. The maximum Gasteiger partial charge on any atom is 0.321 e. The molecule has 1 heterocycles. The lowest BCUT2D eigenvalue weighted by Crippen LogP contribution is -2.53. The number of carboxylic acid groups (broad SMARTS) is 2. The number of ether oxygens (including phenoxy) is 1. The van der Waals surface area contributed by atoms with Crippen molar-refractivity contribution in [1.29, 1.82) is 0 Å². The predicted octanol–water partition coefficient (Wildman–Crippen LogP) is -1.74. The molecule has 0 aromatic heterocycles. The highest BCUT2D eigenvalue weighted by Crippen LogP contribution is 2.50. The van der Waals surface area contributed by atoms with E-state index in [9.17, 15) is 60.3 Å². The Balaban J connectivity index is 1.56. The number of phenolic OH excluding ortho intramolecular Hbond substituents is 1. The molecule has 2 aromatic carbocycles. The van der Waals surface area contributed by atoms with E-state index in [1.54, 1.807) is 0 Å². The van der Waals surface area contributed by atoms with E-state index in [0.29, 0.717) is 5.56 Å². The number of carboxylic acids is 2. The van der Waals surface area contributed by atoms with Gasteiger partial charge in [-0.3, -0.25) is 14.4 Å². The van der Waals surface area contributed by atoms with Crippen molar-refractivity contribution in [3.63, 3.8) is 0 Å². The van der Waals surface area contributed by atoms with Gasteiger partial charge in [-0.2, -0.15) is 9.78 Å². The minimum absolute atomic E-state index is 0.00159. The van der Waals surface area contributed by atoms with E-state index < -0.39 is 90.6 Å². The molecule has 1 saturated carbocycles. The van der Waals surface area contributed by atoms with Crippen LogP contribution < -0.4 is 5.43 Å². The van der Waals surface area contributed by atoms with Crippen LogP contribution in [0, 0.1) is 5.41 Å². The number of rotatable bonds is 8. The highest BCUT2D eigenvalue weighted by Gasteiger charge is 2.52. The third-order valence-corrected chi connectivity index (χ3v) is 8.15. The fraction of sp³-hybridized carbons (Fsp3) is 0.444. The van der Waals surface area contributed by atoms with E-state index in [1.165, 1.54) is 24.3 Å². The van der Waals surface area contributed by atoms with E-state index in [0.717, 1.165) is 6.07 Å². The largest absolute Gasteiger partial charge is 0.507 e. The van der Waals surface area contributed by atoms with Gasteiger partial charge >= 0.3 is 11.9 Å². The Hall–Kier alpha value is -3.51. The monoisotopic (exact) mass is 592 g/mol. The zero-order valence-corrected chi connectivity index (χ0v) is 21.7. The van der Waals surface area contributed by atoms with Gasteiger partial charge in [-0.05, 0) is 59.7 Å². The first-order valence-electron chi connectivity index (χ1n) is 12.8. The summed E-state index contributed by atoms with van der Waals surface area (Å²) in [6, 6.07) is 4.93. The summed E-state index contributed by atoms with van der Waals surface area (Å²) in [5.74, 6) is -7.47. The Kier molecular flexibility index (Phi) is 7.59. The number of carbonyl (C=O) groups is 2. The van der Waals surface area contributed by atoms with Gasteiger partial charge in [-0.15, -0.1) is 0 Å². The standard InChI is InChI=1S/C27H28O15/c28-15-2-1-13-14-8-12(27(38,39)21(14)32)7-11-5-10(6-16(29)18(15)17(11)13)9-26(24(34)35,25(36)37)3-4-40-23-20(31)19(30)22(33)41-42-23/h1-2,5-7,14,19-23,28,30-33,38-39H,3-4,8-9H2,(H,34,35)(H,36,37)/t14?,19?,20?,21?,22-,23?/m1/s1. The molecule has 5 unspecified atom stereocenters. The van der Waals surface area contributed by atoms with Crippen molar-refractivity contribution >= 4 is 28.8 Å². The summed E-state index contributed by atoms with van der Waals surface area (Å²) in [6.45, 7) is -0.656. The van der Waals surface area contributed by atoms with Crippen molar-refractivity contribution < 1.29 is 70.1 Å². The maximum absolute atomic E-state index is 13.4. The minimum Gasteiger partial charge on any atom is -0.507 e. The zero-order valence-electron chi connectivity index (χ0n) is 21.7. The second kappa shape index (κ2) is 10.6. The summed E-state index contributed by atoms with van der Waals surface area (Å²) < 4.78 is 5.20. The van der Waals surface area contributed by atoms with E-state index in [-0.39, 0.29) is 33.9 Å². The summed E-state index contributed by atoms with van der Waals surface area (Å²) in [6.07, 6.45) is -9.05. The fourth-order valence-electron chi connectivity index (χ4n) is 5.77. The Morgan fingerprint density at radius 1 is 1.00 bits per heavy atom. The molecular formula is C27H28O15. The molecule has 0 amide bonds. The quantitative estimate of drug-likeness (QED) is 0.0936. The first kappa shape index (κ1) is 30.0. The number of aliphatic hydroxyl groups excluding tert-OH is 4. The smallest absolute Gasteiger partial charge is 0.321 e. The highest BCUT2D eigenvalue weighted by molar-refractivity contribution is 6.00. The van der Waals surface area contributed by atoms with Gasteiger partial charge in [-0.1, -0.05) is 12.1 Å². The Morgan fingerprint density at radius 2 is 1.69 bits per heavy atom. The molecule has 2 fully saturated rings. The molecule has 0 radical (unpaired) electrons. The summed E-state index contributed by atoms with van der Waals surface area (Å²) in [4.78, 5) is 47.2. The number of aliphatic carboxylic acids is 2. The van der Waals surface area contributed by atoms with Gasteiger partial charge < -0.3 is 50.7 Å². The van der Waals surface area contributed by atoms with Crippen molar-refractivity contribution in [3.8, 4) is 5.75 Å². The first-order valence-corrected chi connectivity index (χ1v) is 12.8. The highest BCUT2D eigenvalue weighted by atomic mass is 17.2. The lowest BCUT2D eigenvalue weighted by Gasteiger charge is -2.34. The number of hydrogen-bond donors (Lipinski definition) is 9. The van der Waals surface area contributed by atoms with Crippen LogP contribution in [0.3, 0.4) is 0 Å². The van der Waals surface area contributed by atoms with Gasteiger partial charge in [-0.25, -0.2) is 0 Å². The zero-order chi connectivity index (χ0) is 30.7. The Labute approximate surface area is 235 Å². The number of aromatic hydroxyl groups is 1. The third-order valence-electron chi connectivity index (χ3n) is 8.15. The van der Waals surface area contributed by atoms with Crippen LogP contribution in [-0.2, 0) is 30.5 Å². The normalized spacial score (nSPS) is 28.3. The molecule has 1 aliphatic heterocycles. The lowest BCUT2D eigenvalue weighted by molar-refractivity contribution is -0.488. The second-order valence-corrected chi connectivity index (χ2v) is 10.7. The van der Waals surface area contributed by atoms with Crippen LogP contribution in [0.1, 0.15) is 35.4 Å². The summed E-state index contributed by atoms with van der Waals surface area (Å²) in [5.41, 5.74) is -2.98. The van der Waals surface area contributed by atoms with Crippen molar-refractivity contribution in [1.82, 2.24) is 0 Å². The van der Waals surface area contributed by atoms with E-state index in [4.69, 9.17) is 4.74 Å². The topological polar surface area (TPSA) is 261 Å². The van der Waals surface area contributed by atoms with Crippen molar-refractivity contribution in [2.24, 2.45) is 5.41 Å². The van der Waals surface area contributed by atoms with Crippen LogP contribution in [0.25, 0.3) is 16.8 Å². The van der Waals surface area contributed by atoms with E-state index >= 15 is 0 Å². The van der Waals surface area contributed by atoms with Gasteiger partial charge in [0.15, 0.2) is 10.8 Å². The van der Waals surface area contributed by atoms with Crippen LogP contribution in [0.2, 0.25) is 0 Å². The van der Waals surface area contributed by atoms with Crippen molar-refractivity contribution in [2.75, 3.05) is 6.61 Å². The van der Waals surface area contributed by atoms with Crippen LogP contribution in [0.4, 0.5) is 0 Å². The summed E-state index contributed by atoms with van der Waals surface area (Å²) in [7, 11) is 0. The fourth-order valence-corrected chi connectivity index (χ4v) is 5.77. The molecule has 2 bridgehead atoms. The molecule has 2 aromatic rings. The van der Waals surface area contributed by atoms with Gasteiger partial charge in [0, 0.05) is 11.3 Å². The van der Waals surface area contributed by atoms with Crippen molar-refractivity contribution in [3.05, 3.63) is 56.8 Å². The van der Waals surface area contributed by atoms with Crippen LogP contribution in [0.15, 0.2) is 34.6 Å². The maximum atomic E-state index is 13.4. The number of hydrogen-bond acceptors (Lipinski definition) is 13. The molecule has 9 N–H and O–H groups in total. The van der Waals surface area contributed by atoms with Gasteiger partial charge in [0.25, 0.3) is 0 Å². The molecule has 0 spiro atoms. The summed E-state index contributed by atoms with van der Waals surface area (Å²) >= 11 is 0. The van der Waals surface area contributed by atoms with Gasteiger partial charge in [0.1, 0.15) is 24.1 Å². The van der Waals surface area contributed by atoms with Crippen LogP contribution >= 0.6 is 0 Å². The average Bonchev–Trinajstić information content (AvgIpc) is 3.04. The molecule has 226 valence electrons. The van der Waals surface area contributed by atoms with Crippen molar-refractivity contribution in [2.45, 2.75) is 61.9 Å². The minimum atomic E-state index is -2.61. The first-order chi connectivity index (χ1) is 19.7. The molecule has 1 saturated heterocycles. The van der Waals surface area contributed by atoms with Gasteiger partial charge in [0.2, 0.25) is 18.4 Å². The number of aliphatic hydroxyl groups is 6. The lowest BCUT2D eigenvalue weighted by atomic mass is 9.79. The van der Waals surface area contributed by atoms with E-state index in [1.807, 2.05) is 0 Å². The molecule has 3 aliphatic rings. The van der Waals surface area contributed by atoms with Crippen LogP contribution in [0.5, 0.6) is 5.75 Å². The molecular weight excluding hydrogens is 564 g/mol. The Morgan fingerprint density at radius 3 is 2.36 bits per heavy atom. The Bertz CT molecular complexity index is 1520. The predicted molar refractivity (Wildman–Crippen MR) is 136 cm³/mol. The second-order valence-electron chi connectivity index (χ2n) is 10.7. The average molecular weight is 593 g/mol. The summed E-state index contributed by atoms with van der Waals surface area (Å²) in [5, 5.41) is 91.5. The molecule has 15 heteroatoms. The van der Waals surface area contributed by atoms with Gasteiger partial charge in [0.05, 0.1) is 12.0 Å².